The highest BCUT2D eigenvalue weighted by Gasteiger charge is 2.18. The maximum absolute atomic E-state index is 11.9. The number of nitrogens with zero attached hydrogens (tertiary/aromatic N) is 1. The van der Waals surface area contributed by atoms with Crippen LogP contribution in [0.3, 0.4) is 0 Å². The van der Waals surface area contributed by atoms with Crippen LogP contribution < -0.4 is 21.7 Å². The molecule has 2 aromatic carbocycles. The van der Waals surface area contributed by atoms with E-state index in [1.165, 1.54) is 0 Å². The number of nitrogens with two attached hydrogens (primary N) is 1. The molecule has 1 amide bonds. The highest BCUT2D eigenvalue weighted by Crippen LogP contribution is 2.25. The first kappa shape index (κ1) is 22.1. The molecule has 3 aromatic rings. The van der Waals surface area contributed by atoms with E-state index in [-0.39, 0.29) is 11.3 Å². The number of benzene rings is 2. The Morgan fingerprint density at radius 1 is 1.13 bits per heavy atom. The van der Waals surface area contributed by atoms with Gasteiger partial charge in [-0.05, 0) is 36.8 Å². The van der Waals surface area contributed by atoms with Gasteiger partial charge in [-0.3, -0.25) is 9.89 Å². The van der Waals surface area contributed by atoms with Gasteiger partial charge in [0.2, 0.25) is 0 Å². The molecule has 1 saturated heterocycles. The Hall–Kier alpha value is -3.56. The highest BCUT2D eigenvalue weighted by atomic mass is 16.5. The summed E-state index contributed by atoms with van der Waals surface area (Å²) in [6, 6.07) is 14.5. The van der Waals surface area contributed by atoms with Crippen LogP contribution in [-0.4, -0.2) is 47.5 Å². The number of primary amides is 1. The van der Waals surface area contributed by atoms with Crippen LogP contribution in [0.2, 0.25) is 0 Å². The molecule has 1 aliphatic rings. The second-order valence-corrected chi connectivity index (χ2v) is 7.06. The molecule has 1 fully saturated rings. The van der Waals surface area contributed by atoms with Gasteiger partial charge in [0.05, 0.1) is 13.2 Å². The summed E-state index contributed by atoms with van der Waals surface area (Å²) in [5.41, 5.74) is 8.67. The predicted octanol–water partition coefficient (Wildman–Crippen LogP) is 2.48. The molecule has 9 heteroatoms. The van der Waals surface area contributed by atoms with Gasteiger partial charge in [-0.25, -0.2) is 0 Å². The predicted molar refractivity (Wildman–Crippen MR) is 121 cm³/mol. The van der Waals surface area contributed by atoms with Crippen molar-refractivity contribution >= 4 is 23.2 Å². The lowest BCUT2D eigenvalue weighted by Crippen LogP contribution is -2.30. The average molecular weight is 425 g/mol. The summed E-state index contributed by atoms with van der Waals surface area (Å²) in [6.07, 6.45) is 0. The normalized spacial score (nSPS) is 13.1. The second kappa shape index (κ2) is 11.0. The van der Waals surface area contributed by atoms with E-state index in [1.54, 1.807) is 24.3 Å². The minimum atomic E-state index is -0.587. The van der Waals surface area contributed by atoms with E-state index >= 15 is 0 Å². The lowest BCUT2D eigenvalue weighted by atomic mass is 10.2. The molecule has 0 radical (unpaired) electrons. The number of rotatable bonds is 6. The standard InChI is InChI=1S/C18H19N5O2.C4H9NO/c1-11-2-6-13(7-3-11)21-18-15(16(19)25)17(22-23-18)20-10-12-4-8-14(24)9-5-12;1-3-6-4-2-5-1/h2-9,24H,10H2,1H3,(H2,19,25)(H3,20,21,22,23);5H,1-4H2. The van der Waals surface area contributed by atoms with Gasteiger partial charge in [0.15, 0.2) is 5.82 Å². The lowest BCUT2D eigenvalue weighted by Gasteiger charge is -2.10. The van der Waals surface area contributed by atoms with E-state index in [1.807, 2.05) is 31.2 Å². The summed E-state index contributed by atoms with van der Waals surface area (Å²) in [7, 11) is 0. The zero-order valence-corrected chi connectivity index (χ0v) is 17.4. The molecule has 0 unspecified atom stereocenters. The number of phenolic OH excluding ortho intramolecular Hbond substituents is 1. The number of aromatic hydroxyl groups is 1. The van der Waals surface area contributed by atoms with E-state index in [0.29, 0.717) is 18.2 Å². The van der Waals surface area contributed by atoms with E-state index in [0.717, 1.165) is 43.1 Å². The molecule has 31 heavy (non-hydrogen) atoms. The fourth-order valence-corrected chi connectivity index (χ4v) is 2.89. The molecule has 164 valence electrons. The Morgan fingerprint density at radius 2 is 1.81 bits per heavy atom. The van der Waals surface area contributed by atoms with Crippen LogP contribution in [-0.2, 0) is 11.3 Å². The number of amides is 1. The number of nitrogens with one attached hydrogen (secondary N) is 4. The van der Waals surface area contributed by atoms with Crippen LogP contribution in [0.4, 0.5) is 17.3 Å². The van der Waals surface area contributed by atoms with Gasteiger partial charge in [0.25, 0.3) is 5.91 Å². The minimum Gasteiger partial charge on any atom is -0.508 e. The average Bonchev–Trinajstić information content (AvgIpc) is 3.19. The number of aromatic amines is 1. The fourth-order valence-electron chi connectivity index (χ4n) is 2.89. The molecule has 1 aliphatic heterocycles. The number of anilines is 3. The highest BCUT2D eigenvalue weighted by molar-refractivity contribution is 6.03. The first-order valence-electron chi connectivity index (χ1n) is 10.0. The van der Waals surface area contributed by atoms with Crippen molar-refractivity contribution in [3.05, 3.63) is 65.2 Å². The van der Waals surface area contributed by atoms with Gasteiger partial charge in [0.1, 0.15) is 17.1 Å². The van der Waals surface area contributed by atoms with Gasteiger partial charge in [0, 0.05) is 25.3 Å². The van der Waals surface area contributed by atoms with Crippen LogP contribution in [0.15, 0.2) is 48.5 Å². The van der Waals surface area contributed by atoms with Crippen molar-refractivity contribution in [1.82, 2.24) is 15.5 Å². The SMILES string of the molecule is C1COCCN1.Cc1ccc(Nc2n[nH]c(NCc3ccc(O)cc3)c2C(N)=O)cc1. The molecule has 7 N–H and O–H groups in total. The van der Waals surface area contributed by atoms with Crippen LogP contribution in [0.25, 0.3) is 0 Å². The maximum Gasteiger partial charge on any atom is 0.256 e. The Labute approximate surface area is 181 Å². The maximum atomic E-state index is 11.9. The largest absolute Gasteiger partial charge is 0.508 e. The molecule has 0 atom stereocenters. The molecule has 9 nitrogen and oxygen atoms in total. The van der Waals surface area contributed by atoms with E-state index in [4.69, 9.17) is 10.5 Å². The lowest BCUT2D eigenvalue weighted by molar-refractivity contribution is 0.100. The van der Waals surface area contributed by atoms with Crippen LogP contribution in [0.5, 0.6) is 5.75 Å². The molecule has 0 spiro atoms. The summed E-state index contributed by atoms with van der Waals surface area (Å²) in [6.45, 7) is 6.28. The Balaban J connectivity index is 0.000000391. The molecular weight excluding hydrogens is 396 g/mol. The van der Waals surface area contributed by atoms with Gasteiger partial charge in [-0.15, -0.1) is 0 Å². The topological polar surface area (TPSA) is 137 Å². The van der Waals surface area contributed by atoms with Crippen molar-refractivity contribution in [2.24, 2.45) is 5.73 Å². The number of hydrogen-bond acceptors (Lipinski definition) is 7. The molecule has 2 heterocycles. The summed E-state index contributed by atoms with van der Waals surface area (Å²) in [5.74, 6) is 0.420. The number of carbonyl (C=O) groups excluding carboxylic acids is 1. The molecule has 1 aromatic heterocycles. The van der Waals surface area contributed by atoms with Crippen LogP contribution in [0, 0.1) is 6.92 Å². The number of ether oxygens (including phenoxy) is 1. The third-order valence-corrected chi connectivity index (χ3v) is 4.58. The van der Waals surface area contributed by atoms with Gasteiger partial charge in [-0.2, -0.15) is 5.10 Å². The number of morpholine rings is 1. The van der Waals surface area contributed by atoms with E-state index in [9.17, 15) is 9.90 Å². The monoisotopic (exact) mass is 424 g/mol. The van der Waals surface area contributed by atoms with Gasteiger partial charge >= 0.3 is 0 Å². The fraction of sp³-hybridized carbons (Fsp3) is 0.273. The Kier molecular flexibility index (Phi) is 7.85. The smallest absolute Gasteiger partial charge is 0.256 e. The van der Waals surface area contributed by atoms with E-state index < -0.39 is 5.91 Å². The van der Waals surface area contributed by atoms with Gasteiger partial charge in [-0.1, -0.05) is 29.8 Å². The second-order valence-electron chi connectivity index (χ2n) is 7.06. The summed E-state index contributed by atoms with van der Waals surface area (Å²) in [4.78, 5) is 11.9. The van der Waals surface area contributed by atoms with E-state index in [2.05, 4.69) is 26.1 Å². The Morgan fingerprint density at radius 3 is 2.35 bits per heavy atom. The quantitative estimate of drug-likeness (QED) is 0.358. The molecular formula is C22H28N6O3. The first-order valence-corrected chi connectivity index (χ1v) is 10.0. The number of carbonyl (C=O) groups is 1. The first-order chi connectivity index (χ1) is 15.0. The van der Waals surface area contributed by atoms with Crippen molar-refractivity contribution in [1.29, 1.82) is 0 Å². The van der Waals surface area contributed by atoms with Crippen molar-refractivity contribution in [2.75, 3.05) is 36.9 Å². The number of aromatic nitrogens is 2. The summed E-state index contributed by atoms with van der Waals surface area (Å²) < 4.78 is 5.01. The molecule has 0 aliphatic carbocycles. The van der Waals surface area contributed by atoms with Crippen LogP contribution in [0.1, 0.15) is 21.5 Å². The zero-order valence-electron chi connectivity index (χ0n) is 17.4. The minimum absolute atomic E-state index is 0.202. The Bertz CT molecular complexity index is 954. The number of aryl methyl sites for hydroxylation is 1. The zero-order chi connectivity index (χ0) is 22.1. The molecule has 0 bridgehead atoms. The summed E-state index contributed by atoms with van der Waals surface area (Å²) >= 11 is 0. The third kappa shape index (κ3) is 6.73. The van der Waals surface area contributed by atoms with Crippen molar-refractivity contribution < 1.29 is 14.6 Å². The molecule has 4 rings (SSSR count). The number of hydrogen-bond donors (Lipinski definition) is 6. The number of phenols is 1. The van der Waals surface area contributed by atoms with Crippen molar-refractivity contribution in [3.63, 3.8) is 0 Å². The summed E-state index contributed by atoms with van der Waals surface area (Å²) in [5, 5.41) is 25.6. The molecule has 0 saturated carbocycles. The van der Waals surface area contributed by atoms with Crippen molar-refractivity contribution in [3.8, 4) is 5.75 Å². The van der Waals surface area contributed by atoms with Gasteiger partial charge < -0.3 is 31.5 Å². The van der Waals surface area contributed by atoms with Crippen molar-refractivity contribution in [2.45, 2.75) is 13.5 Å². The number of H-pyrrole nitrogens is 1. The third-order valence-electron chi connectivity index (χ3n) is 4.58. The van der Waals surface area contributed by atoms with Crippen LogP contribution >= 0.6 is 0 Å².